The van der Waals surface area contributed by atoms with Gasteiger partial charge in [0.2, 0.25) is 0 Å². The summed E-state index contributed by atoms with van der Waals surface area (Å²) in [6, 6.07) is 6.74. The summed E-state index contributed by atoms with van der Waals surface area (Å²) < 4.78 is 38.1. The molecule has 8 aliphatic carbocycles. The summed E-state index contributed by atoms with van der Waals surface area (Å²) >= 11 is 0. The molecule has 4 N–H and O–H groups in total. The summed E-state index contributed by atoms with van der Waals surface area (Å²) in [6.45, 7) is 24.2. The summed E-state index contributed by atoms with van der Waals surface area (Å²) in [6.07, 6.45) is 17.1. The van der Waals surface area contributed by atoms with Crippen molar-refractivity contribution in [2.75, 3.05) is 26.4 Å². The third-order valence-corrected chi connectivity index (χ3v) is 24.9. The lowest BCUT2D eigenvalue weighted by Gasteiger charge is -2.60. The van der Waals surface area contributed by atoms with Crippen LogP contribution in [0.25, 0.3) is 0 Å². The van der Waals surface area contributed by atoms with Gasteiger partial charge in [-0.15, -0.1) is 0 Å². The van der Waals surface area contributed by atoms with Crippen molar-refractivity contribution in [3.05, 3.63) is 58.7 Å². The van der Waals surface area contributed by atoms with E-state index in [1.165, 1.54) is 11.1 Å². The van der Waals surface area contributed by atoms with Crippen molar-refractivity contribution in [2.45, 2.75) is 232 Å². The largest absolute Gasteiger partial charge is 0.458 e. The van der Waals surface area contributed by atoms with Gasteiger partial charge in [0.25, 0.3) is 0 Å². The molecule has 6 saturated carbocycles. The number of rotatable bonds is 14. The number of benzene rings is 1. The molecule has 0 aromatic heterocycles. The number of ether oxygens (including phenoxy) is 6. The van der Waals surface area contributed by atoms with Crippen LogP contribution in [0.2, 0.25) is 0 Å². The van der Waals surface area contributed by atoms with Crippen LogP contribution in [0.3, 0.4) is 0 Å². The number of allylic oxidation sites excluding steroid dienone is 2. The summed E-state index contributed by atoms with van der Waals surface area (Å²) in [5.41, 5.74) is -0.169. The molecular weight excluding hydrogens is 985 g/mol. The Labute approximate surface area is 466 Å². The average Bonchev–Trinajstić information content (AvgIpc) is 4.36. The van der Waals surface area contributed by atoms with Gasteiger partial charge in [-0.1, -0.05) is 92.5 Å². The number of carbonyl (C=O) groups is 2. The molecule has 12 nitrogen and oxygen atoms in total. The van der Waals surface area contributed by atoms with Crippen LogP contribution in [0, 0.1) is 80.8 Å². The van der Waals surface area contributed by atoms with E-state index in [2.05, 4.69) is 81.4 Å². The zero-order chi connectivity index (χ0) is 55.6. The molecule has 0 radical (unpaired) electrons. The maximum absolute atomic E-state index is 13.7. The van der Waals surface area contributed by atoms with Crippen molar-refractivity contribution in [1.82, 2.24) is 0 Å². The van der Waals surface area contributed by atoms with E-state index in [1.807, 2.05) is 0 Å². The molecule has 1 aromatic rings. The number of hydrogen-bond acceptors (Lipinski definition) is 12. The third kappa shape index (κ3) is 8.75. The third-order valence-electron chi connectivity index (χ3n) is 24.9. The molecule has 0 bridgehead atoms. The molecule has 11 rings (SSSR count). The fraction of sp³-hybridized carbons (Fsp3) is 0.818. The maximum Gasteiger partial charge on any atom is 0.338 e. The van der Waals surface area contributed by atoms with E-state index in [-0.39, 0.29) is 58.6 Å². The van der Waals surface area contributed by atoms with Gasteiger partial charge in [-0.2, -0.15) is 0 Å². The van der Waals surface area contributed by atoms with Crippen molar-refractivity contribution >= 4 is 11.9 Å². The molecule has 0 spiro atoms. The van der Waals surface area contributed by atoms with E-state index in [4.69, 9.17) is 28.4 Å². The topological polar surface area (TPSA) is 170 Å². The molecule has 12 heteroatoms. The average molecular weight is 1080 g/mol. The lowest BCUT2D eigenvalue weighted by Crippen LogP contribution is -2.64. The van der Waals surface area contributed by atoms with E-state index < -0.39 is 45.8 Å². The Morgan fingerprint density at radius 1 is 0.551 bits per heavy atom. The molecule has 2 saturated heterocycles. The van der Waals surface area contributed by atoms with E-state index in [0.717, 1.165) is 77.0 Å². The van der Waals surface area contributed by atoms with Gasteiger partial charge in [0.1, 0.15) is 23.4 Å². The molecule has 0 amide bonds. The molecule has 10 aliphatic rings. The van der Waals surface area contributed by atoms with E-state index >= 15 is 0 Å². The fourth-order valence-electron chi connectivity index (χ4n) is 20.1. The smallest absolute Gasteiger partial charge is 0.338 e. The highest BCUT2D eigenvalue weighted by Gasteiger charge is 2.73. The highest BCUT2D eigenvalue weighted by Crippen LogP contribution is 2.71. The number of aliphatic hydroxyl groups excluding tert-OH is 2. The van der Waals surface area contributed by atoms with Crippen molar-refractivity contribution in [1.29, 1.82) is 0 Å². The minimum absolute atomic E-state index is 0.0428. The summed E-state index contributed by atoms with van der Waals surface area (Å²) in [5.74, 6) is -0.585. The molecule has 8 fully saturated rings. The maximum atomic E-state index is 13.7. The standard InChI is InChI=1S/C66H98O12/c1-39(2)19-29-63(73-31-32-74-63)41(5)65(71)55(67)37-53-49-17-15-45-35-47(21-25-59(45,7)51(49)23-27-61(53,65)9)77-57(69)43-11-13-44(14-12-43)58(70)78-48-22-26-60(8)46(36-48)16-18-50-52(60)24-28-62(10)54(50)38-56(68)66(62,72)42(6)64(30-20-40(3)4)75-33-34-76-64/h11-16,39-42,47-56,67-68,71-72H,17-38H2,1-10H3/t41-,42-,47+,48+,49-,50-,51+,52+,53+,54+,55-,56-,59+,60+,61+,62+,65-,66-/m1/s1. The first-order chi connectivity index (χ1) is 36.9. The summed E-state index contributed by atoms with van der Waals surface area (Å²) in [5, 5.41) is 49.8. The minimum Gasteiger partial charge on any atom is -0.458 e. The van der Waals surface area contributed by atoms with Gasteiger partial charge in [-0.05, 0) is 172 Å². The Balaban J connectivity index is 0.692. The van der Waals surface area contributed by atoms with Gasteiger partial charge >= 0.3 is 11.9 Å². The number of hydrogen-bond donors (Lipinski definition) is 4. The van der Waals surface area contributed by atoms with Crippen molar-refractivity contribution in [3.63, 3.8) is 0 Å². The summed E-state index contributed by atoms with van der Waals surface area (Å²) in [7, 11) is 0. The molecular formula is C66H98O12. The SMILES string of the molecule is CC(C)CCC1([C@@H](C)[C@@]2(O)[C@H](O)C[C@H]3[C@@H]4CC=C5C[C@@H](OC(=O)c6ccc(C(=O)O[C@H]7CC[C@@]8(C)C(=CC[C@@H]9[C@@H]8CC[C@@]8(C)[C@H]9C[C@@H](O)[C@]8(O)[C@H](C)C8(CCC(C)C)OCCO8)C7)cc6)CC[C@]5(C)[C@H]4CC[C@@]32C)OCCO1. The van der Waals surface area contributed by atoms with Gasteiger partial charge in [0.15, 0.2) is 11.6 Å². The zero-order valence-electron chi connectivity index (χ0n) is 49.2. The molecule has 434 valence electrons. The first-order valence-corrected chi connectivity index (χ1v) is 31.2. The molecule has 1 aromatic carbocycles. The number of esters is 2. The number of fused-ring (bicyclic) bond motifs is 10. The van der Waals surface area contributed by atoms with Crippen LogP contribution in [-0.2, 0) is 28.4 Å². The lowest BCUT2D eigenvalue weighted by atomic mass is 9.46. The highest BCUT2D eigenvalue weighted by molar-refractivity contribution is 5.93. The van der Waals surface area contributed by atoms with Gasteiger partial charge in [-0.25, -0.2) is 9.59 Å². The van der Waals surface area contributed by atoms with Crippen LogP contribution < -0.4 is 0 Å². The predicted molar refractivity (Wildman–Crippen MR) is 297 cm³/mol. The Bertz CT molecular complexity index is 2290. The van der Waals surface area contributed by atoms with E-state index in [1.54, 1.807) is 24.3 Å². The fourth-order valence-corrected chi connectivity index (χ4v) is 20.1. The molecule has 18 atom stereocenters. The normalized spacial score (nSPS) is 44.0. The first kappa shape index (κ1) is 57.2. The monoisotopic (exact) mass is 1080 g/mol. The Hall–Kier alpha value is -2.68. The van der Waals surface area contributed by atoms with Crippen LogP contribution in [0.15, 0.2) is 47.6 Å². The summed E-state index contributed by atoms with van der Waals surface area (Å²) in [4.78, 5) is 27.5. The van der Waals surface area contributed by atoms with Crippen LogP contribution >= 0.6 is 0 Å². The lowest BCUT2D eigenvalue weighted by molar-refractivity contribution is -0.280. The van der Waals surface area contributed by atoms with Crippen LogP contribution in [0.4, 0.5) is 0 Å². The van der Waals surface area contributed by atoms with Gasteiger partial charge in [0, 0.05) is 48.3 Å². The highest BCUT2D eigenvalue weighted by atomic mass is 16.7. The van der Waals surface area contributed by atoms with Crippen LogP contribution in [-0.4, -0.2) is 106 Å². The van der Waals surface area contributed by atoms with Gasteiger partial charge in [0.05, 0.1) is 49.8 Å². The Kier molecular flexibility index (Phi) is 15.1. The molecule has 2 aliphatic heterocycles. The molecule has 78 heavy (non-hydrogen) atoms. The minimum atomic E-state index is -1.34. The van der Waals surface area contributed by atoms with Crippen LogP contribution in [0.5, 0.6) is 0 Å². The number of aliphatic hydroxyl groups is 4. The van der Waals surface area contributed by atoms with E-state index in [9.17, 15) is 30.0 Å². The van der Waals surface area contributed by atoms with E-state index in [0.29, 0.717) is 112 Å². The second-order valence-corrected chi connectivity index (χ2v) is 29.0. The molecule has 0 unspecified atom stereocenters. The Morgan fingerprint density at radius 3 is 1.26 bits per heavy atom. The van der Waals surface area contributed by atoms with Crippen molar-refractivity contribution < 1.29 is 58.4 Å². The predicted octanol–water partition coefficient (Wildman–Crippen LogP) is 11.7. The quantitative estimate of drug-likeness (QED) is 0.103. The van der Waals surface area contributed by atoms with Crippen molar-refractivity contribution in [3.8, 4) is 0 Å². The van der Waals surface area contributed by atoms with Crippen molar-refractivity contribution in [2.24, 2.45) is 80.8 Å². The van der Waals surface area contributed by atoms with Gasteiger partial charge < -0.3 is 48.8 Å². The zero-order valence-corrected chi connectivity index (χ0v) is 49.2. The second-order valence-electron chi connectivity index (χ2n) is 29.0. The van der Waals surface area contributed by atoms with Gasteiger partial charge in [-0.3, -0.25) is 0 Å². The number of carbonyl (C=O) groups excluding carboxylic acids is 2. The van der Waals surface area contributed by atoms with Crippen LogP contribution in [0.1, 0.15) is 206 Å². The first-order valence-electron chi connectivity index (χ1n) is 31.2. The second kappa shape index (κ2) is 20.6. The molecule has 2 heterocycles. The Morgan fingerprint density at radius 2 is 0.910 bits per heavy atom.